The topological polar surface area (TPSA) is 118 Å². The van der Waals surface area contributed by atoms with Crippen LogP contribution in [0.2, 0.25) is 0 Å². The minimum absolute atomic E-state index is 0.0420. The molecule has 0 spiro atoms. The number of H-pyrrole nitrogens is 1. The molecule has 0 bridgehead atoms. The van der Waals surface area contributed by atoms with E-state index in [4.69, 9.17) is 9.47 Å². The lowest BCUT2D eigenvalue weighted by atomic mass is 9.72. The van der Waals surface area contributed by atoms with Crippen molar-refractivity contribution >= 4 is 17.7 Å². The van der Waals surface area contributed by atoms with Gasteiger partial charge in [-0.1, -0.05) is 63.4 Å². The number of benzene rings is 1. The third-order valence-corrected chi connectivity index (χ3v) is 9.95. The second-order valence-corrected chi connectivity index (χ2v) is 14.1. The molecule has 6 atom stereocenters. The van der Waals surface area contributed by atoms with Gasteiger partial charge in [-0.2, -0.15) is 0 Å². The molecule has 43 heavy (non-hydrogen) atoms. The minimum atomic E-state index is -0.920. The average molecular weight is 593 g/mol. The van der Waals surface area contributed by atoms with Crippen molar-refractivity contribution in [2.75, 3.05) is 6.61 Å². The molecule has 2 saturated carbocycles. The largest absolute Gasteiger partial charge is 0.481 e. The zero-order valence-corrected chi connectivity index (χ0v) is 26.1. The molecule has 1 aliphatic heterocycles. The summed E-state index contributed by atoms with van der Waals surface area (Å²) in [6.45, 7) is 7.88. The molecule has 2 heterocycles. The number of hydrogen-bond acceptors (Lipinski definition) is 5. The number of ketones is 1. The summed E-state index contributed by atoms with van der Waals surface area (Å²) in [5.41, 5.74) is 1.80. The summed E-state index contributed by atoms with van der Waals surface area (Å²) in [5, 5.41) is 13.4. The molecule has 2 aromatic rings. The summed E-state index contributed by atoms with van der Waals surface area (Å²) in [6.07, 6.45) is 8.25. The number of carbonyl (C=O) groups excluding carboxylic acids is 2. The number of carboxylic acids is 1. The number of rotatable bonds is 10. The quantitative estimate of drug-likeness (QED) is 0.280. The Morgan fingerprint density at radius 3 is 2.49 bits per heavy atom. The summed E-state index contributed by atoms with van der Waals surface area (Å²) in [7, 11) is 0. The lowest BCUT2D eigenvalue weighted by Crippen LogP contribution is -2.53. The van der Waals surface area contributed by atoms with E-state index in [-0.39, 0.29) is 36.0 Å². The summed E-state index contributed by atoms with van der Waals surface area (Å²) in [6, 6.07) is 12.0. The highest BCUT2D eigenvalue weighted by atomic mass is 16.7. The molecule has 2 aliphatic carbocycles. The van der Waals surface area contributed by atoms with Gasteiger partial charge < -0.3 is 24.9 Å². The Kier molecular flexibility index (Phi) is 9.47. The molecule has 8 nitrogen and oxygen atoms in total. The van der Waals surface area contributed by atoms with E-state index in [1.807, 2.05) is 32.0 Å². The van der Waals surface area contributed by atoms with Crippen molar-refractivity contribution in [2.24, 2.45) is 23.2 Å². The van der Waals surface area contributed by atoms with Gasteiger partial charge in [0, 0.05) is 40.7 Å². The molecule has 3 aliphatic rings. The molecule has 1 aromatic heterocycles. The van der Waals surface area contributed by atoms with Gasteiger partial charge >= 0.3 is 5.97 Å². The smallest absolute Gasteiger partial charge is 0.304 e. The fraction of sp³-hybridized carbons (Fsp3) is 0.629. The normalized spacial score (nSPS) is 29.1. The number of aliphatic carboxylic acids is 1. The molecule has 0 radical (unpaired) electrons. The van der Waals surface area contributed by atoms with Crippen LogP contribution in [0.1, 0.15) is 107 Å². The van der Waals surface area contributed by atoms with E-state index in [1.54, 1.807) is 26.1 Å². The van der Waals surface area contributed by atoms with Gasteiger partial charge in [-0.05, 0) is 69.4 Å². The Balaban J connectivity index is 1.37. The third-order valence-electron chi connectivity index (χ3n) is 9.95. The maximum Gasteiger partial charge on any atom is 0.304 e. The van der Waals surface area contributed by atoms with E-state index in [0.29, 0.717) is 23.8 Å². The first-order chi connectivity index (χ1) is 20.4. The first kappa shape index (κ1) is 31.5. The van der Waals surface area contributed by atoms with E-state index >= 15 is 0 Å². The molecule has 1 amide bonds. The van der Waals surface area contributed by atoms with Crippen LogP contribution in [0.3, 0.4) is 0 Å². The van der Waals surface area contributed by atoms with Crippen molar-refractivity contribution < 1.29 is 29.0 Å². The maximum absolute atomic E-state index is 14.1. The van der Waals surface area contributed by atoms with Gasteiger partial charge in [-0.15, -0.1) is 0 Å². The number of nitrogens with one attached hydrogen (secondary N) is 2. The number of hydrogen-bond donors (Lipinski definition) is 3. The number of carboxylic acid groups (broad SMARTS) is 1. The third kappa shape index (κ3) is 7.23. The highest BCUT2D eigenvalue weighted by Gasteiger charge is 2.47. The van der Waals surface area contributed by atoms with E-state index in [1.165, 1.54) is 5.56 Å². The van der Waals surface area contributed by atoms with Crippen LogP contribution in [0, 0.1) is 23.2 Å². The predicted molar refractivity (Wildman–Crippen MR) is 164 cm³/mol. The van der Waals surface area contributed by atoms with Crippen molar-refractivity contribution in [1.82, 2.24) is 10.3 Å². The Bertz CT molecular complexity index is 1280. The SMILES string of the molecule is CC1(C)OCC(C)(C)C(C(=O)c2cc[nH]c2C(CC(=O)O)C2CCCCC2NC(=O)C2CCCC2Cc2ccccc2)O1. The van der Waals surface area contributed by atoms with Crippen molar-refractivity contribution in [3.05, 3.63) is 59.4 Å². The number of carbonyl (C=O) groups is 3. The van der Waals surface area contributed by atoms with Crippen LogP contribution >= 0.6 is 0 Å². The summed E-state index contributed by atoms with van der Waals surface area (Å²) in [4.78, 5) is 43.3. The summed E-state index contributed by atoms with van der Waals surface area (Å²) < 4.78 is 12.0. The molecule has 3 N–H and O–H groups in total. The zero-order chi connectivity index (χ0) is 30.8. The molecule has 1 saturated heterocycles. The van der Waals surface area contributed by atoms with Crippen LogP contribution in [0.25, 0.3) is 0 Å². The standard InChI is InChI=1S/C35H48N2O6/c1-34(2)21-42-35(3,4)43-32(34)31(40)26-17-18-36-30(26)27(20-29(38)39)25-14-8-9-16-28(25)37-33(41)24-15-10-13-23(24)19-22-11-6-5-7-12-22/h5-7,11-12,17-18,23-25,27-28,32,36H,8-10,13-16,19-21H2,1-4H3,(H,37,41)(H,38,39). The van der Waals surface area contributed by atoms with E-state index in [2.05, 4.69) is 22.4 Å². The molecule has 8 heteroatoms. The number of aromatic amines is 1. The molecule has 5 rings (SSSR count). The van der Waals surface area contributed by atoms with E-state index in [0.717, 1.165) is 51.4 Å². The van der Waals surface area contributed by atoms with Crippen molar-refractivity contribution in [1.29, 1.82) is 0 Å². The fourth-order valence-electron chi connectivity index (χ4n) is 7.68. The second-order valence-electron chi connectivity index (χ2n) is 14.1. The number of Topliss-reactive ketones (excluding diaryl/α,β-unsaturated/α-hetero) is 1. The van der Waals surface area contributed by atoms with Crippen LogP contribution in [0.5, 0.6) is 0 Å². The highest BCUT2D eigenvalue weighted by molar-refractivity contribution is 6.01. The molecule has 234 valence electrons. The summed E-state index contributed by atoms with van der Waals surface area (Å²) in [5.74, 6) is -2.19. The Hall–Kier alpha value is -2.97. The fourth-order valence-corrected chi connectivity index (χ4v) is 7.68. The predicted octanol–water partition coefficient (Wildman–Crippen LogP) is 6.27. The lowest BCUT2D eigenvalue weighted by Gasteiger charge is -2.45. The van der Waals surface area contributed by atoms with Crippen molar-refractivity contribution in [2.45, 2.75) is 109 Å². The Morgan fingerprint density at radius 2 is 1.74 bits per heavy atom. The van der Waals surface area contributed by atoms with E-state index < -0.39 is 29.2 Å². The van der Waals surface area contributed by atoms with Gasteiger partial charge in [0.05, 0.1) is 13.0 Å². The first-order valence-electron chi connectivity index (χ1n) is 16.0. The molecule has 6 unspecified atom stereocenters. The maximum atomic E-state index is 14.1. The summed E-state index contributed by atoms with van der Waals surface area (Å²) >= 11 is 0. The Labute approximate surface area is 255 Å². The van der Waals surface area contributed by atoms with Crippen LogP contribution in [-0.2, 0) is 25.5 Å². The molecular formula is C35H48N2O6. The average Bonchev–Trinajstić information content (AvgIpc) is 3.64. The number of ether oxygens (including phenoxy) is 2. The van der Waals surface area contributed by atoms with Gasteiger partial charge in [0.15, 0.2) is 11.6 Å². The van der Waals surface area contributed by atoms with Crippen LogP contribution in [0.15, 0.2) is 42.6 Å². The number of amides is 1. The van der Waals surface area contributed by atoms with Crippen LogP contribution < -0.4 is 5.32 Å². The van der Waals surface area contributed by atoms with Crippen molar-refractivity contribution in [3.8, 4) is 0 Å². The van der Waals surface area contributed by atoms with Crippen LogP contribution in [0.4, 0.5) is 0 Å². The monoisotopic (exact) mass is 592 g/mol. The van der Waals surface area contributed by atoms with Gasteiger partial charge in [0.25, 0.3) is 0 Å². The first-order valence-corrected chi connectivity index (χ1v) is 16.0. The minimum Gasteiger partial charge on any atom is -0.481 e. The van der Waals surface area contributed by atoms with Gasteiger partial charge in [-0.3, -0.25) is 14.4 Å². The highest BCUT2D eigenvalue weighted by Crippen LogP contribution is 2.42. The van der Waals surface area contributed by atoms with Crippen LogP contribution in [-0.4, -0.2) is 52.3 Å². The molecule has 3 fully saturated rings. The second kappa shape index (κ2) is 12.9. The van der Waals surface area contributed by atoms with Gasteiger partial charge in [0.2, 0.25) is 5.91 Å². The molecule has 1 aromatic carbocycles. The molecular weight excluding hydrogens is 544 g/mol. The van der Waals surface area contributed by atoms with Gasteiger partial charge in [-0.25, -0.2) is 0 Å². The van der Waals surface area contributed by atoms with E-state index in [9.17, 15) is 19.5 Å². The zero-order valence-electron chi connectivity index (χ0n) is 26.1. The van der Waals surface area contributed by atoms with Crippen molar-refractivity contribution in [3.63, 3.8) is 0 Å². The Morgan fingerprint density at radius 1 is 1.00 bits per heavy atom. The van der Waals surface area contributed by atoms with Gasteiger partial charge in [0.1, 0.15) is 6.10 Å². The number of aromatic nitrogens is 1. The lowest BCUT2D eigenvalue weighted by molar-refractivity contribution is -0.298.